The van der Waals surface area contributed by atoms with E-state index in [9.17, 15) is 4.79 Å². The number of nitrogens with one attached hydrogen (secondary N) is 1. The summed E-state index contributed by atoms with van der Waals surface area (Å²) in [4.78, 5) is 33.5. The van der Waals surface area contributed by atoms with Crippen LogP contribution in [-0.4, -0.2) is 51.8 Å². The fraction of sp³-hybridized carbons (Fsp3) is 0.333. The number of fused-ring (bicyclic) bond motifs is 1. The van der Waals surface area contributed by atoms with E-state index >= 15 is 0 Å². The minimum Gasteiger partial charge on any atom is -0.368 e. The quantitative estimate of drug-likeness (QED) is 0.692. The summed E-state index contributed by atoms with van der Waals surface area (Å²) in [5.74, 6) is 0.954. The zero-order chi connectivity index (χ0) is 19.7. The summed E-state index contributed by atoms with van der Waals surface area (Å²) in [5.41, 5.74) is 10.2. The number of nitrogen functional groups attached to an aromatic ring is 1. The second kappa shape index (κ2) is 7.56. The SMILES string of the molecule is Cc1ccc(NC(=O)ON2CCN(c3nc(N)nc4scnc34)[C@@H](C)C2)cc1. The van der Waals surface area contributed by atoms with Crippen LogP contribution in [0.1, 0.15) is 12.5 Å². The molecule has 0 spiro atoms. The Kier molecular flexibility index (Phi) is 4.97. The van der Waals surface area contributed by atoms with Gasteiger partial charge in [0.2, 0.25) is 5.95 Å². The molecule has 1 atom stereocenters. The van der Waals surface area contributed by atoms with Gasteiger partial charge in [-0.1, -0.05) is 17.7 Å². The third-order valence-corrected chi connectivity index (χ3v) is 5.29. The van der Waals surface area contributed by atoms with Crippen molar-refractivity contribution < 1.29 is 9.63 Å². The van der Waals surface area contributed by atoms with Crippen LogP contribution in [-0.2, 0) is 4.84 Å². The van der Waals surface area contributed by atoms with Crippen LogP contribution in [0.25, 0.3) is 10.3 Å². The number of benzene rings is 1. The first kappa shape index (κ1) is 18.4. The van der Waals surface area contributed by atoms with E-state index in [4.69, 9.17) is 10.6 Å². The van der Waals surface area contributed by atoms with Gasteiger partial charge in [-0.3, -0.25) is 5.32 Å². The number of piperazine rings is 1. The molecule has 0 radical (unpaired) electrons. The standard InChI is InChI=1S/C18H21N7O2S/c1-11-3-5-13(6-4-11)21-18(26)27-24-7-8-25(12(2)9-24)15-14-16(28-10-20-14)23-17(19)22-15/h3-6,10,12H,7-9H2,1-2H3,(H,21,26)(H2,19,22,23)/t12-/m0/s1. The van der Waals surface area contributed by atoms with Gasteiger partial charge in [-0.2, -0.15) is 4.98 Å². The number of nitrogens with zero attached hydrogens (tertiary/aromatic N) is 5. The van der Waals surface area contributed by atoms with Gasteiger partial charge in [0.1, 0.15) is 5.52 Å². The highest BCUT2D eigenvalue weighted by molar-refractivity contribution is 7.16. The zero-order valence-corrected chi connectivity index (χ0v) is 16.4. The van der Waals surface area contributed by atoms with E-state index in [-0.39, 0.29) is 12.0 Å². The van der Waals surface area contributed by atoms with Gasteiger partial charge in [-0.25, -0.2) is 14.8 Å². The predicted octanol–water partition coefficient (Wildman–Crippen LogP) is 2.65. The number of rotatable bonds is 3. The average Bonchev–Trinajstić information content (AvgIpc) is 3.11. The van der Waals surface area contributed by atoms with Gasteiger partial charge in [0.25, 0.3) is 0 Å². The van der Waals surface area contributed by atoms with Crippen molar-refractivity contribution in [1.82, 2.24) is 20.0 Å². The maximum absolute atomic E-state index is 12.2. The number of aryl methyl sites for hydroxylation is 1. The highest BCUT2D eigenvalue weighted by Crippen LogP contribution is 2.28. The van der Waals surface area contributed by atoms with Gasteiger partial charge in [-0.05, 0) is 26.0 Å². The number of carbonyl (C=O) groups excluding carboxylic acids is 1. The summed E-state index contributed by atoms with van der Waals surface area (Å²) in [5, 5.41) is 4.40. The Morgan fingerprint density at radius 1 is 1.29 bits per heavy atom. The Bertz CT molecular complexity index is 991. The zero-order valence-electron chi connectivity index (χ0n) is 15.6. The van der Waals surface area contributed by atoms with Gasteiger partial charge in [0, 0.05) is 18.3 Å². The molecule has 0 bridgehead atoms. The Hall–Kier alpha value is -2.98. The first-order chi connectivity index (χ1) is 13.5. The largest absolute Gasteiger partial charge is 0.430 e. The van der Waals surface area contributed by atoms with Crippen molar-refractivity contribution in [2.45, 2.75) is 19.9 Å². The summed E-state index contributed by atoms with van der Waals surface area (Å²) < 4.78 is 0. The molecule has 3 N–H and O–H groups in total. The lowest BCUT2D eigenvalue weighted by atomic mass is 10.2. The van der Waals surface area contributed by atoms with Crippen LogP contribution >= 0.6 is 11.3 Å². The second-order valence-corrected chi connectivity index (χ2v) is 7.54. The first-order valence-corrected chi connectivity index (χ1v) is 9.81. The molecule has 28 heavy (non-hydrogen) atoms. The smallest absolute Gasteiger partial charge is 0.368 e. The highest BCUT2D eigenvalue weighted by Gasteiger charge is 2.29. The highest BCUT2D eigenvalue weighted by atomic mass is 32.1. The molecule has 0 aliphatic carbocycles. The fourth-order valence-corrected chi connectivity index (χ4v) is 3.84. The van der Waals surface area contributed by atoms with Crippen LogP contribution < -0.4 is 16.0 Å². The van der Waals surface area contributed by atoms with Crippen LogP contribution in [0.15, 0.2) is 29.8 Å². The van der Waals surface area contributed by atoms with Crippen LogP contribution in [0, 0.1) is 6.92 Å². The van der Waals surface area contributed by atoms with Crippen molar-refractivity contribution >= 4 is 45.2 Å². The lowest BCUT2D eigenvalue weighted by Gasteiger charge is -2.39. The maximum Gasteiger partial charge on any atom is 0.430 e. The lowest BCUT2D eigenvalue weighted by Crippen LogP contribution is -2.53. The number of hydrogen-bond acceptors (Lipinski definition) is 9. The molecule has 9 nitrogen and oxygen atoms in total. The van der Waals surface area contributed by atoms with E-state index in [2.05, 4.69) is 25.2 Å². The average molecular weight is 399 g/mol. The normalized spacial score (nSPS) is 17.6. The van der Waals surface area contributed by atoms with E-state index < -0.39 is 6.09 Å². The first-order valence-electron chi connectivity index (χ1n) is 8.93. The Labute approximate surface area is 166 Å². The summed E-state index contributed by atoms with van der Waals surface area (Å²) in [6.45, 7) is 5.75. The van der Waals surface area contributed by atoms with Crippen molar-refractivity contribution in [3.63, 3.8) is 0 Å². The number of thiazole rings is 1. The predicted molar refractivity (Wildman–Crippen MR) is 109 cm³/mol. The monoisotopic (exact) mass is 399 g/mol. The number of amides is 1. The van der Waals surface area contributed by atoms with Crippen LogP contribution in [0.3, 0.4) is 0 Å². The van der Waals surface area contributed by atoms with Gasteiger partial charge in [-0.15, -0.1) is 16.4 Å². The molecule has 0 saturated carbocycles. The minimum atomic E-state index is -0.502. The number of aromatic nitrogens is 3. The van der Waals surface area contributed by atoms with Gasteiger partial charge in [0.05, 0.1) is 18.6 Å². The number of anilines is 3. The molecular formula is C18H21N7O2S. The van der Waals surface area contributed by atoms with Gasteiger partial charge in [0.15, 0.2) is 10.6 Å². The molecule has 10 heteroatoms. The molecule has 1 aliphatic rings. The van der Waals surface area contributed by atoms with E-state index in [1.165, 1.54) is 11.3 Å². The molecule has 1 aliphatic heterocycles. The Morgan fingerprint density at radius 2 is 2.07 bits per heavy atom. The van der Waals surface area contributed by atoms with Gasteiger partial charge >= 0.3 is 6.09 Å². The van der Waals surface area contributed by atoms with Crippen LogP contribution in [0.4, 0.5) is 22.2 Å². The summed E-state index contributed by atoms with van der Waals surface area (Å²) in [6, 6.07) is 7.61. The Morgan fingerprint density at radius 3 is 2.82 bits per heavy atom. The lowest BCUT2D eigenvalue weighted by molar-refractivity contribution is -0.103. The number of hydroxylamine groups is 2. The second-order valence-electron chi connectivity index (χ2n) is 6.71. The Balaban J connectivity index is 1.40. The summed E-state index contributed by atoms with van der Waals surface area (Å²) in [7, 11) is 0. The van der Waals surface area contributed by atoms with Crippen molar-refractivity contribution in [2.24, 2.45) is 0 Å². The van der Waals surface area contributed by atoms with Crippen molar-refractivity contribution in [3.8, 4) is 0 Å². The summed E-state index contributed by atoms with van der Waals surface area (Å²) in [6.07, 6.45) is -0.502. The fourth-order valence-electron chi connectivity index (χ4n) is 3.18. The molecule has 1 saturated heterocycles. The molecule has 0 unspecified atom stereocenters. The maximum atomic E-state index is 12.2. The molecule has 1 aromatic carbocycles. The van der Waals surface area contributed by atoms with E-state index in [1.807, 2.05) is 38.1 Å². The third kappa shape index (κ3) is 3.82. The molecule has 3 heterocycles. The molecule has 1 fully saturated rings. The van der Waals surface area contributed by atoms with E-state index in [1.54, 1.807) is 10.6 Å². The molecule has 2 aromatic heterocycles. The minimum absolute atomic E-state index is 0.0557. The van der Waals surface area contributed by atoms with Crippen molar-refractivity contribution in [2.75, 3.05) is 35.6 Å². The van der Waals surface area contributed by atoms with Crippen LogP contribution in [0.5, 0.6) is 0 Å². The van der Waals surface area contributed by atoms with Crippen molar-refractivity contribution in [3.05, 3.63) is 35.3 Å². The number of carbonyl (C=O) groups is 1. The molecule has 1 amide bonds. The molecular weight excluding hydrogens is 378 g/mol. The van der Waals surface area contributed by atoms with Gasteiger partial charge < -0.3 is 15.5 Å². The number of hydrogen-bond donors (Lipinski definition) is 2. The topological polar surface area (TPSA) is 110 Å². The number of nitrogens with two attached hydrogens (primary N) is 1. The summed E-state index contributed by atoms with van der Waals surface area (Å²) >= 11 is 1.43. The molecule has 146 valence electrons. The molecule has 3 aromatic rings. The molecule has 4 rings (SSSR count). The van der Waals surface area contributed by atoms with E-state index in [0.29, 0.717) is 25.3 Å². The van der Waals surface area contributed by atoms with Crippen molar-refractivity contribution in [1.29, 1.82) is 0 Å². The van der Waals surface area contributed by atoms with E-state index in [0.717, 1.165) is 21.7 Å². The van der Waals surface area contributed by atoms with Crippen LogP contribution in [0.2, 0.25) is 0 Å². The third-order valence-electron chi connectivity index (χ3n) is 4.57.